The summed E-state index contributed by atoms with van der Waals surface area (Å²) in [4.78, 5) is 21.6. The van der Waals surface area contributed by atoms with Crippen molar-refractivity contribution >= 4 is 17.2 Å². The summed E-state index contributed by atoms with van der Waals surface area (Å²) in [6.45, 7) is 4.75. The molecule has 6 heteroatoms. The molecule has 0 fully saturated rings. The lowest BCUT2D eigenvalue weighted by Gasteiger charge is -2.04. The Hall–Kier alpha value is -1.79. The normalized spacial score (nSPS) is 10.6. The van der Waals surface area contributed by atoms with Gasteiger partial charge in [-0.05, 0) is 26.0 Å². The minimum Gasteiger partial charge on any atom is -0.378 e. The highest BCUT2D eigenvalue weighted by molar-refractivity contribution is 7.11. The minimum absolute atomic E-state index is 0.171. The maximum absolute atomic E-state index is 12.0. The number of thiazole rings is 1. The van der Waals surface area contributed by atoms with Gasteiger partial charge in [0.1, 0.15) is 10.7 Å². The van der Waals surface area contributed by atoms with Crippen LogP contribution < -0.4 is 5.32 Å². The Morgan fingerprint density at radius 2 is 2.15 bits per heavy atom. The summed E-state index contributed by atoms with van der Waals surface area (Å²) >= 11 is 1.55. The first kappa shape index (κ1) is 14.6. The smallest absolute Gasteiger partial charge is 0.270 e. The number of methoxy groups -OCH3 is 1. The Morgan fingerprint density at radius 3 is 2.85 bits per heavy atom. The van der Waals surface area contributed by atoms with E-state index in [0.717, 1.165) is 21.3 Å². The fourth-order valence-corrected chi connectivity index (χ4v) is 2.74. The molecule has 0 unspecified atom stereocenters. The summed E-state index contributed by atoms with van der Waals surface area (Å²) in [5.74, 6) is -0.171. The van der Waals surface area contributed by atoms with Crippen LogP contribution in [0.3, 0.4) is 0 Å². The number of carbonyl (C=O) groups is 1. The number of pyridine rings is 1. The van der Waals surface area contributed by atoms with Crippen LogP contribution in [0.4, 0.5) is 0 Å². The van der Waals surface area contributed by atoms with Crippen molar-refractivity contribution < 1.29 is 9.53 Å². The average molecular weight is 291 g/mol. The number of amides is 1. The number of carbonyl (C=O) groups excluding carboxylic acids is 1. The van der Waals surface area contributed by atoms with Crippen LogP contribution in [-0.4, -0.2) is 23.0 Å². The van der Waals surface area contributed by atoms with E-state index in [9.17, 15) is 4.79 Å². The van der Waals surface area contributed by atoms with Crippen LogP contribution in [-0.2, 0) is 17.9 Å². The zero-order valence-corrected chi connectivity index (χ0v) is 12.6. The third kappa shape index (κ3) is 3.61. The summed E-state index contributed by atoms with van der Waals surface area (Å²) in [6, 6.07) is 5.39. The Balaban J connectivity index is 2.00. The Bertz CT molecular complexity index is 610. The molecule has 0 radical (unpaired) electrons. The molecule has 0 aliphatic carbocycles. The number of nitrogens with one attached hydrogen (secondary N) is 1. The molecule has 2 rings (SSSR count). The summed E-state index contributed by atoms with van der Waals surface area (Å²) in [6.07, 6.45) is 0. The van der Waals surface area contributed by atoms with Crippen LogP contribution in [0.15, 0.2) is 18.2 Å². The van der Waals surface area contributed by atoms with Crippen molar-refractivity contribution in [2.75, 3.05) is 7.11 Å². The molecule has 0 aromatic carbocycles. The first-order valence-corrected chi connectivity index (χ1v) is 7.07. The van der Waals surface area contributed by atoms with Crippen LogP contribution in [0.5, 0.6) is 0 Å². The fourth-order valence-electron chi connectivity index (χ4n) is 1.76. The summed E-state index contributed by atoms with van der Waals surface area (Å²) in [7, 11) is 1.64. The quantitative estimate of drug-likeness (QED) is 0.917. The van der Waals surface area contributed by atoms with Crippen LogP contribution in [0.2, 0.25) is 0 Å². The number of hydrogen-bond acceptors (Lipinski definition) is 5. The van der Waals surface area contributed by atoms with Gasteiger partial charge in [0.25, 0.3) is 5.91 Å². The molecule has 20 heavy (non-hydrogen) atoms. The van der Waals surface area contributed by atoms with E-state index in [1.807, 2.05) is 26.0 Å². The molecule has 2 aromatic rings. The van der Waals surface area contributed by atoms with E-state index >= 15 is 0 Å². The first-order valence-electron chi connectivity index (χ1n) is 6.26. The van der Waals surface area contributed by atoms with Gasteiger partial charge >= 0.3 is 0 Å². The van der Waals surface area contributed by atoms with Crippen LogP contribution >= 0.6 is 11.3 Å². The van der Waals surface area contributed by atoms with Crippen molar-refractivity contribution in [2.45, 2.75) is 27.0 Å². The van der Waals surface area contributed by atoms with Crippen molar-refractivity contribution in [1.29, 1.82) is 0 Å². The summed E-state index contributed by atoms with van der Waals surface area (Å²) < 4.78 is 5.05. The van der Waals surface area contributed by atoms with Crippen LogP contribution in [0.25, 0.3) is 0 Å². The van der Waals surface area contributed by atoms with E-state index in [-0.39, 0.29) is 5.91 Å². The highest BCUT2D eigenvalue weighted by Gasteiger charge is 2.11. The minimum atomic E-state index is -0.171. The lowest BCUT2D eigenvalue weighted by atomic mass is 10.3. The van der Waals surface area contributed by atoms with E-state index in [1.165, 1.54) is 0 Å². The van der Waals surface area contributed by atoms with Gasteiger partial charge in [0, 0.05) is 17.7 Å². The Kier molecular flexibility index (Phi) is 4.81. The highest BCUT2D eigenvalue weighted by Crippen LogP contribution is 2.18. The predicted molar refractivity (Wildman–Crippen MR) is 77.7 cm³/mol. The van der Waals surface area contributed by atoms with Crippen LogP contribution in [0.1, 0.15) is 31.8 Å². The van der Waals surface area contributed by atoms with Crippen molar-refractivity contribution in [1.82, 2.24) is 15.3 Å². The van der Waals surface area contributed by atoms with Gasteiger partial charge in [0.15, 0.2) is 0 Å². The Labute approximate surface area is 122 Å². The van der Waals surface area contributed by atoms with E-state index in [4.69, 9.17) is 4.74 Å². The number of hydrogen-bond donors (Lipinski definition) is 1. The lowest BCUT2D eigenvalue weighted by molar-refractivity contribution is 0.0946. The topological polar surface area (TPSA) is 64.1 Å². The second-order valence-electron chi connectivity index (χ2n) is 4.40. The van der Waals surface area contributed by atoms with Crippen molar-refractivity contribution in [3.63, 3.8) is 0 Å². The maximum Gasteiger partial charge on any atom is 0.270 e. The van der Waals surface area contributed by atoms with Gasteiger partial charge in [0.2, 0.25) is 0 Å². The number of rotatable bonds is 5. The molecular formula is C14H17N3O2S. The molecule has 1 amide bonds. The molecule has 0 aliphatic rings. The second-order valence-corrected chi connectivity index (χ2v) is 5.56. The van der Waals surface area contributed by atoms with Gasteiger partial charge in [-0.15, -0.1) is 11.3 Å². The lowest BCUT2D eigenvalue weighted by Crippen LogP contribution is -2.23. The first-order chi connectivity index (χ1) is 9.60. The molecule has 5 nitrogen and oxygen atoms in total. The van der Waals surface area contributed by atoms with E-state index < -0.39 is 0 Å². The molecule has 2 aromatic heterocycles. The monoisotopic (exact) mass is 291 g/mol. The molecular weight excluding hydrogens is 274 g/mol. The molecule has 1 N–H and O–H groups in total. The molecule has 106 valence electrons. The van der Waals surface area contributed by atoms with Crippen molar-refractivity contribution in [3.8, 4) is 0 Å². The van der Waals surface area contributed by atoms with Crippen molar-refractivity contribution in [3.05, 3.63) is 45.2 Å². The molecule has 0 atom stereocenters. The number of nitrogens with zero attached hydrogens (tertiary/aromatic N) is 2. The van der Waals surface area contributed by atoms with Gasteiger partial charge in [-0.1, -0.05) is 6.07 Å². The third-order valence-corrected chi connectivity index (χ3v) is 3.87. The van der Waals surface area contributed by atoms with E-state index in [1.54, 1.807) is 24.5 Å². The zero-order valence-electron chi connectivity index (χ0n) is 11.8. The second kappa shape index (κ2) is 6.58. The van der Waals surface area contributed by atoms with E-state index in [2.05, 4.69) is 15.3 Å². The molecule has 0 spiro atoms. The van der Waals surface area contributed by atoms with Crippen LogP contribution in [0, 0.1) is 13.8 Å². The molecule has 0 saturated carbocycles. The number of ether oxygens (including phenoxy) is 1. The highest BCUT2D eigenvalue weighted by atomic mass is 32.1. The SMILES string of the molecule is COCc1nc(C)c(CNC(=O)c2cccc(C)n2)s1. The van der Waals surface area contributed by atoms with E-state index in [0.29, 0.717) is 18.8 Å². The summed E-state index contributed by atoms with van der Waals surface area (Å²) in [5, 5.41) is 3.79. The van der Waals surface area contributed by atoms with Gasteiger partial charge in [-0.3, -0.25) is 4.79 Å². The van der Waals surface area contributed by atoms with Gasteiger partial charge in [-0.25, -0.2) is 9.97 Å². The number of aryl methyl sites for hydroxylation is 2. The average Bonchev–Trinajstić information content (AvgIpc) is 2.77. The van der Waals surface area contributed by atoms with Crippen molar-refractivity contribution in [2.24, 2.45) is 0 Å². The summed E-state index contributed by atoms with van der Waals surface area (Å²) in [5.41, 5.74) is 2.19. The zero-order chi connectivity index (χ0) is 14.5. The predicted octanol–water partition coefficient (Wildman–Crippen LogP) is 2.23. The van der Waals surface area contributed by atoms with Gasteiger partial charge in [0.05, 0.1) is 18.8 Å². The fraction of sp³-hybridized carbons (Fsp3) is 0.357. The molecule has 2 heterocycles. The molecule has 0 bridgehead atoms. The number of aromatic nitrogens is 2. The maximum atomic E-state index is 12.0. The van der Waals surface area contributed by atoms with Gasteiger partial charge in [-0.2, -0.15) is 0 Å². The van der Waals surface area contributed by atoms with Gasteiger partial charge < -0.3 is 10.1 Å². The molecule has 0 saturated heterocycles. The standard InChI is InChI=1S/C14H17N3O2S/c1-9-5-4-6-11(16-9)14(18)15-7-12-10(2)17-13(20-12)8-19-3/h4-6H,7-8H2,1-3H3,(H,15,18). The molecule has 0 aliphatic heterocycles. The Morgan fingerprint density at radius 1 is 1.35 bits per heavy atom. The third-order valence-electron chi connectivity index (χ3n) is 2.74. The largest absolute Gasteiger partial charge is 0.378 e.